The fourth-order valence-corrected chi connectivity index (χ4v) is 3.50. The summed E-state index contributed by atoms with van der Waals surface area (Å²) in [6.45, 7) is 6.56. The lowest BCUT2D eigenvalue weighted by atomic mass is 10.0. The number of nitriles is 1. The minimum Gasteiger partial charge on any atom is -0.367 e. The van der Waals surface area contributed by atoms with Gasteiger partial charge in [0.05, 0.1) is 5.69 Å². The van der Waals surface area contributed by atoms with Gasteiger partial charge in [-0.15, -0.1) is 0 Å². The van der Waals surface area contributed by atoms with Crippen molar-refractivity contribution in [3.63, 3.8) is 0 Å². The first-order valence-corrected chi connectivity index (χ1v) is 7.80. The summed E-state index contributed by atoms with van der Waals surface area (Å²) >= 11 is 0. The van der Waals surface area contributed by atoms with Gasteiger partial charge in [0.25, 0.3) is 0 Å². The molecule has 0 N–H and O–H groups in total. The second kappa shape index (κ2) is 6.42. The molecule has 5 heteroatoms. The van der Waals surface area contributed by atoms with Crippen LogP contribution in [0.3, 0.4) is 0 Å². The number of anilines is 1. The SMILES string of the molecule is CN1CCCC(N2CCN(c3cccnc3C#N)CC2)C1. The van der Waals surface area contributed by atoms with E-state index in [0.29, 0.717) is 11.7 Å². The first-order chi connectivity index (χ1) is 10.3. The third kappa shape index (κ3) is 3.17. The smallest absolute Gasteiger partial charge is 0.163 e. The minimum absolute atomic E-state index is 0.545. The normalized spacial score (nSPS) is 24.8. The Labute approximate surface area is 126 Å². The Morgan fingerprint density at radius 3 is 2.76 bits per heavy atom. The van der Waals surface area contributed by atoms with Gasteiger partial charge in [-0.25, -0.2) is 4.98 Å². The molecule has 2 fully saturated rings. The van der Waals surface area contributed by atoms with E-state index >= 15 is 0 Å². The largest absolute Gasteiger partial charge is 0.367 e. The minimum atomic E-state index is 0.545. The highest BCUT2D eigenvalue weighted by molar-refractivity contribution is 5.55. The summed E-state index contributed by atoms with van der Waals surface area (Å²) in [4.78, 5) is 11.5. The zero-order chi connectivity index (χ0) is 14.7. The molecule has 112 valence electrons. The van der Waals surface area contributed by atoms with Crippen LogP contribution in [-0.2, 0) is 0 Å². The molecule has 5 nitrogen and oxygen atoms in total. The van der Waals surface area contributed by atoms with Gasteiger partial charge in [0.1, 0.15) is 6.07 Å². The predicted molar refractivity (Wildman–Crippen MR) is 83.3 cm³/mol. The summed E-state index contributed by atoms with van der Waals surface area (Å²) < 4.78 is 0. The number of piperazine rings is 1. The predicted octanol–water partition coefficient (Wildman–Crippen LogP) is 1.17. The molecule has 1 atom stereocenters. The van der Waals surface area contributed by atoms with E-state index in [1.807, 2.05) is 12.1 Å². The molecule has 0 aromatic carbocycles. The summed E-state index contributed by atoms with van der Waals surface area (Å²) in [7, 11) is 2.22. The number of pyridine rings is 1. The van der Waals surface area contributed by atoms with Crippen LogP contribution in [0.15, 0.2) is 18.3 Å². The number of hydrogen-bond donors (Lipinski definition) is 0. The standard InChI is InChI=1S/C16H23N5/c1-19-7-3-4-14(13-19)20-8-10-21(11-9-20)16-5-2-6-18-15(16)12-17/h2,5-6,14H,3-4,7-11,13H2,1H3. The second-order valence-electron chi connectivity index (χ2n) is 6.06. The quantitative estimate of drug-likeness (QED) is 0.816. The van der Waals surface area contributed by atoms with Gasteiger partial charge >= 0.3 is 0 Å². The lowest BCUT2D eigenvalue weighted by molar-refractivity contribution is 0.106. The maximum atomic E-state index is 9.18. The van der Waals surface area contributed by atoms with Gasteiger partial charge in [0, 0.05) is 45.0 Å². The van der Waals surface area contributed by atoms with E-state index in [0.717, 1.165) is 31.9 Å². The molecule has 1 aromatic heterocycles. The Bertz CT molecular complexity index is 516. The van der Waals surface area contributed by atoms with Gasteiger partial charge in [-0.2, -0.15) is 5.26 Å². The zero-order valence-corrected chi connectivity index (χ0v) is 12.7. The van der Waals surface area contributed by atoms with Gasteiger partial charge in [0.2, 0.25) is 0 Å². The van der Waals surface area contributed by atoms with Crippen LogP contribution in [-0.4, -0.2) is 67.1 Å². The molecule has 3 rings (SSSR count). The van der Waals surface area contributed by atoms with E-state index in [1.165, 1.54) is 25.9 Å². The molecular formula is C16H23N5. The average Bonchev–Trinajstić information content (AvgIpc) is 2.55. The topological polar surface area (TPSA) is 46.4 Å². The Balaban J connectivity index is 1.61. The number of nitrogens with zero attached hydrogens (tertiary/aromatic N) is 5. The second-order valence-corrected chi connectivity index (χ2v) is 6.06. The van der Waals surface area contributed by atoms with Crippen LogP contribution in [0.5, 0.6) is 0 Å². The molecule has 21 heavy (non-hydrogen) atoms. The van der Waals surface area contributed by atoms with E-state index < -0.39 is 0 Å². The van der Waals surface area contributed by atoms with Crippen LogP contribution in [0.25, 0.3) is 0 Å². The van der Waals surface area contributed by atoms with Crippen LogP contribution >= 0.6 is 0 Å². The van der Waals surface area contributed by atoms with E-state index in [4.69, 9.17) is 0 Å². The molecule has 0 bridgehead atoms. The van der Waals surface area contributed by atoms with E-state index in [-0.39, 0.29) is 0 Å². The molecule has 0 radical (unpaired) electrons. The Hall–Kier alpha value is -1.64. The number of aromatic nitrogens is 1. The van der Waals surface area contributed by atoms with Gasteiger partial charge in [-0.1, -0.05) is 0 Å². The van der Waals surface area contributed by atoms with Crippen LogP contribution in [0.1, 0.15) is 18.5 Å². The monoisotopic (exact) mass is 285 g/mol. The Kier molecular flexibility index (Phi) is 4.37. The molecular weight excluding hydrogens is 262 g/mol. The molecule has 1 unspecified atom stereocenters. The molecule has 2 aliphatic heterocycles. The van der Waals surface area contributed by atoms with Crippen molar-refractivity contribution in [2.75, 3.05) is 51.2 Å². The Morgan fingerprint density at radius 2 is 2.05 bits per heavy atom. The van der Waals surface area contributed by atoms with Gasteiger partial charge in [-0.05, 0) is 38.6 Å². The Morgan fingerprint density at radius 1 is 1.24 bits per heavy atom. The molecule has 2 aliphatic rings. The highest BCUT2D eigenvalue weighted by Crippen LogP contribution is 2.22. The van der Waals surface area contributed by atoms with Crippen molar-refractivity contribution >= 4 is 5.69 Å². The summed E-state index contributed by atoms with van der Waals surface area (Å²) in [5.41, 5.74) is 1.53. The summed E-state index contributed by atoms with van der Waals surface area (Å²) in [5, 5.41) is 9.18. The van der Waals surface area contributed by atoms with E-state index in [2.05, 4.69) is 32.8 Å². The summed E-state index contributed by atoms with van der Waals surface area (Å²) in [6.07, 6.45) is 4.32. The lowest BCUT2D eigenvalue weighted by Crippen LogP contribution is -2.54. The number of hydrogen-bond acceptors (Lipinski definition) is 5. The van der Waals surface area contributed by atoms with Gasteiger partial charge < -0.3 is 9.80 Å². The summed E-state index contributed by atoms with van der Waals surface area (Å²) in [5.74, 6) is 0. The fourth-order valence-electron chi connectivity index (χ4n) is 3.50. The van der Waals surface area contributed by atoms with Crippen LogP contribution in [0, 0.1) is 11.3 Å². The van der Waals surface area contributed by atoms with Crippen LogP contribution in [0.4, 0.5) is 5.69 Å². The van der Waals surface area contributed by atoms with Crippen molar-refractivity contribution in [2.24, 2.45) is 0 Å². The maximum Gasteiger partial charge on any atom is 0.163 e. The number of rotatable bonds is 2. The van der Waals surface area contributed by atoms with Crippen molar-refractivity contribution in [1.82, 2.24) is 14.8 Å². The molecule has 0 amide bonds. The highest BCUT2D eigenvalue weighted by Gasteiger charge is 2.27. The molecule has 3 heterocycles. The number of likely N-dealkylation sites (tertiary alicyclic amines) is 1. The third-order valence-corrected chi connectivity index (χ3v) is 4.66. The van der Waals surface area contributed by atoms with Gasteiger partial charge in [-0.3, -0.25) is 4.90 Å². The van der Waals surface area contributed by atoms with E-state index in [1.54, 1.807) is 6.20 Å². The van der Waals surface area contributed by atoms with Crippen LogP contribution < -0.4 is 4.90 Å². The average molecular weight is 285 g/mol. The fraction of sp³-hybridized carbons (Fsp3) is 0.625. The van der Waals surface area contributed by atoms with Crippen molar-refractivity contribution in [2.45, 2.75) is 18.9 Å². The highest BCUT2D eigenvalue weighted by atomic mass is 15.3. The maximum absolute atomic E-state index is 9.18. The number of likely N-dealkylation sites (N-methyl/N-ethyl adjacent to an activating group) is 1. The van der Waals surface area contributed by atoms with Crippen molar-refractivity contribution in [1.29, 1.82) is 5.26 Å². The first kappa shape index (κ1) is 14.3. The zero-order valence-electron chi connectivity index (χ0n) is 12.7. The molecule has 2 saturated heterocycles. The summed E-state index contributed by atoms with van der Waals surface area (Å²) in [6, 6.07) is 6.83. The van der Waals surface area contributed by atoms with Crippen LogP contribution in [0.2, 0.25) is 0 Å². The van der Waals surface area contributed by atoms with Crippen molar-refractivity contribution < 1.29 is 0 Å². The molecule has 0 spiro atoms. The van der Waals surface area contributed by atoms with E-state index in [9.17, 15) is 5.26 Å². The first-order valence-electron chi connectivity index (χ1n) is 7.80. The van der Waals surface area contributed by atoms with Gasteiger partial charge in [0.15, 0.2) is 5.69 Å². The van der Waals surface area contributed by atoms with Crippen molar-refractivity contribution in [3.05, 3.63) is 24.0 Å². The molecule has 0 aliphatic carbocycles. The third-order valence-electron chi connectivity index (χ3n) is 4.66. The molecule has 0 saturated carbocycles. The molecule has 1 aromatic rings. The number of piperidine rings is 1. The lowest BCUT2D eigenvalue weighted by Gasteiger charge is -2.43. The van der Waals surface area contributed by atoms with Crippen molar-refractivity contribution in [3.8, 4) is 6.07 Å².